The number of anilines is 1. The van der Waals surface area contributed by atoms with Crippen molar-refractivity contribution in [1.82, 2.24) is 5.32 Å². The van der Waals surface area contributed by atoms with Gasteiger partial charge in [-0.15, -0.1) is 4.40 Å². The quantitative estimate of drug-likeness (QED) is 0.499. The average Bonchev–Trinajstić information content (AvgIpc) is 3.09. The number of amides is 1. The summed E-state index contributed by atoms with van der Waals surface area (Å²) in [4.78, 5) is 24.9. The van der Waals surface area contributed by atoms with Gasteiger partial charge in [0.15, 0.2) is 5.84 Å². The zero-order valence-electron chi connectivity index (χ0n) is 18.0. The van der Waals surface area contributed by atoms with Crippen LogP contribution in [0.5, 0.6) is 0 Å². The van der Waals surface area contributed by atoms with Crippen molar-refractivity contribution in [3.05, 3.63) is 94.5 Å². The molecule has 0 saturated carbocycles. The fourth-order valence-corrected chi connectivity index (χ4v) is 4.97. The third kappa shape index (κ3) is 4.95. The van der Waals surface area contributed by atoms with Crippen LogP contribution in [-0.2, 0) is 19.6 Å². The number of hydrogen-bond acceptors (Lipinski definition) is 6. The molecule has 0 fully saturated rings. The van der Waals surface area contributed by atoms with Crippen LogP contribution in [0.25, 0.3) is 0 Å². The first-order chi connectivity index (χ1) is 16.3. The van der Waals surface area contributed by atoms with E-state index in [0.29, 0.717) is 27.4 Å². The van der Waals surface area contributed by atoms with Gasteiger partial charge in [0, 0.05) is 21.8 Å². The molecule has 3 aromatic rings. The number of methoxy groups -OCH3 is 1. The van der Waals surface area contributed by atoms with Gasteiger partial charge >= 0.3 is 5.97 Å². The van der Waals surface area contributed by atoms with Crippen LogP contribution in [0, 0.1) is 0 Å². The number of halogens is 1. The number of carbonyl (C=O) groups excluding carboxylic acids is 2. The topological polar surface area (TPSA) is 114 Å². The van der Waals surface area contributed by atoms with Crippen LogP contribution in [-0.4, -0.2) is 33.2 Å². The van der Waals surface area contributed by atoms with Crippen molar-refractivity contribution in [2.24, 2.45) is 4.40 Å². The van der Waals surface area contributed by atoms with Crippen molar-refractivity contribution in [2.75, 3.05) is 12.4 Å². The standard InChI is InChI=1S/C24H20ClN3O5S/c1-33-22(29)14-20(17-6-2-4-8-19(17)25)27-24(30)15-10-12-16(13-11-15)26-23-18-7-3-5-9-21(18)34(31,32)28-23/h2-13,20H,14H2,1H3,(H,26,28)(H,27,30). The van der Waals surface area contributed by atoms with Gasteiger partial charge in [0.1, 0.15) is 4.90 Å². The molecule has 0 radical (unpaired) electrons. The summed E-state index contributed by atoms with van der Waals surface area (Å²) in [5, 5.41) is 6.23. The van der Waals surface area contributed by atoms with E-state index in [9.17, 15) is 18.0 Å². The predicted octanol–water partition coefficient (Wildman–Crippen LogP) is 3.94. The average molecular weight is 498 g/mol. The zero-order valence-corrected chi connectivity index (χ0v) is 19.6. The number of sulfonamides is 1. The summed E-state index contributed by atoms with van der Waals surface area (Å²) in [6, 6.07) is 19.2. The summed E-state index contributed by atoms with van der Waals surface area (Å²) < 4.78 is 33.0. The van der Waals surface area contributed by atoms with Gasteiger partial charge in [-0.3, -0.25) is 9.59 Å². The van der Waals surface area contributed by atoms with Crippen molar-refractivity contribution >= 4 is 45.0 Å². The van der Waals surface area contributed by atoms with Crippen molar-refractivity contribution in [2.45, 2.75) is 17.4 Å². The maximum absolute atomic E-state index is 12.9. The summed E-state index contributed by atoms with van der Waals surface area (Å²) in [7, 11) is -2.46. The molecule has 4 rings (SSSR count). The summed E-state index contributed by atoms with van der Waals surface area (Å²) in [6.07, 6.45) is -0.0840. The Bertz CT molecular complexity index is 1390. The molecule has 0 aromatic heterocycles. The third-order valence-electron chi connectivity index (χ3n) is 5.23. The molecule has 8 nitrogen and oxygen atoms in total. The maximum Gasteiger partial charge on any atom is 0.307 e. The van der Waals surface area contributed by atoms with Crippen LogP contribution in [0.4, 0.5) is 5.69 Å². The lowest BCUT2D eigenvalue weighted by Crippen LogP contribution is -2.30. The van der Waals surface area contributed by atoms with Crippen LogP contribution in [0.1, 0.15) is 33.9 Å². The number of esters is 1. The first kappa shape index (κ1) is 23.5. The molecule has 1 aliphatic heterocycles. The van der Waals surface area contributed by atoms with Crippen LogP contribution < -0.4 is 10.6 Å². The van der Waals surface area contributed by atoms with Crippen molar-refractivity contribution in [3.8, 4) is 0 Å². The van der Waals surface area contributed by atoms with Gasteiger partial charge in [0.2, 0.25) is 0 Å². The van der Waals surface area contributed by atoms with Gasteiger partial charge in [-0.05, 0) is 48.0 Å². The highest BCUT2D eigenvalue weighted by molar-refractivity contribution is 7.90. The molecule has 0 spiro atoms. The monoisotopic (exact) mass is 497 g/mol. The second-order valence-electron chi connectivity index (χ2n) is 7.44. The molecule has 1 unspecified atom stereocenters. The van der Waals surface area contributed by atoms with E-state index in [0.717, 1.165) is 0 Å². The molecule has 3 aromatic carbocycles. The van der Waals surface area contributed by atoms with Crippen molar-refractivity contribution in [3.63, 3.8) is 0 Å². The highest BCUT2D eigenvalue weighted by Gasteiger charge is 2.28. The lowest BCUT2D eigenvalue weighted by atomic mass is 10.0. The van der Waals surface area contributed by atoms with Crippen LogP contribution in [0.3, 0.4) is 0 Å². The van der Waals surface area contributed by atoms with Gasteiger partial charge in [0.25, 0.3) is 15.9 Å². The minimum atomic E-state index is -3.74. The molecule has 0 saturated heterocycles. The number of ether oxygens (including phenoxy) is 1. The lowest BCUT2D eigenvalue weighted by molar-refractivity contribution is -0.141. The number of fused-ring (bicyclic) bond motifs is 1. The van der Waals surface area contributed by atoms with E-state index in [2.05, 4.69) is 15.0 Å². The van der Waals surface area contributed by atoms with Gasteiger partial charge in [-0.2, -0.15) is 8.42 Å². The molecule has 0 aliphatic carbocycles. The number of rotatable bonds is 6. The Morgan fingerprint density at radius 1 is 1.00 bits per heavy atom. The molecular weight excluding hydrogens is 478 g/mol. The van der Waals surface area contributed by atoms with Crippen molar-refractivity contribution in [1.29, 1.82) is 0 Å². The molecule has 0 bridgehead atoms. The Morgan fingerprint density at radius 3 is 2.38 bits per heavy atom. The Kier molecular flexibility index (Phi) is 6.67. The second kappa shape index (κ2) is 9.66. The highest BCUT2D eigenvalue weighted by atomic mass is 35.5. The van der Waals surface area contributed by atoms with Crippen LogP contribution in [0.2, 0.25) is 5.02 Å². The Morgan fingerprint density at radius 2 is 1.68 bits per heavy atom. The molecule has 1 heterocycles. The lowest BCUT2D eigenvalue weighted by Gasteiger charge is -2.19. The highest BCUT2D eigenvalue weighted by Crippen LogP contribution is 2.28. The minimum absolute atomic E-state index is 0.0840. The number of amidine groups is 1. The fraction of sp³-hybridized carbons (Fsp3) is 0.125. The van der Waals surface area contributed by atoms with Gasteiger partial charge < -0.3 is 15.4 Å². The van der Waals surface area contributed by atoms with E-state index >= 15 is 0 Å². The third-order valence-corrected chi connectivity index (χ3v) is 6.90. The van der Waals surface area contributed by atoms with Gasteiger partial charge in [-0.1, -0.05) is 41.9 Å². The van der Waals surface area contributed by atoms with E-state index in [1.165, 1.54) is 13.2 Å². The summed E-state index contributed by atoms with van der Waals surface area (Å²) in [6.45, 7) is 0. The van der Waals surface area contributed by atoms with E-state index in [4.69, 9.17) is 16.3 Å². The molecule has 1 amide bonds. The number of carbonyl (C=O) groups is 2. The normalized spacial score (nSPS) is 14.5. The number of nitrogens with zero attached hydrogens (tertiary/aromatic N) is 1. The number of nitrogens with one attached hydrogen (secondary N) is 2. The first-order valence-electron chi connectivity index (χ1n) is 10.2. The van der Waals surface area contributed by atoms with E-state index in [1.54, 1.807) is 66.7 Å². The number of hydrogen-bond donors (Lipinski definition) is 2. The van der Waals surface area contributed by atoms with E-state index < -0.39 is 27.9 Å². The Hall–Kier alpha value is -3.69. The Balaban J connectivity index is 1.51. The number of benzene rings is 3. The molecular formula is C24H20ClN3O5S. The predicted molar refractivity (Wildman–Crippen MR) is 129 cm³/mol. The Labute approximate surface area is 201 Å². The zero-order chi connectivity index (χ0) is 24.3. The maximum atomic E-state index is 12.9. The molecule has 10 heteroatoms. The molecule has 34 heavy (non-hydrogen) atoms. The first-order valence-corrected chi connectivity index (χ1v) is 12.0. The summed E-state index contributed by atoms with van der Waals surface area (Å²) in [5.74, 6) is -0.687. The molecule has 1 aliphatic rings. The second-order valence-corrected chi connectivity index (χ2v) is 9.42. The van der Waals surface area contributed by atoms with Gasteiger partial charge in [-0.25, -0.2) is 0 Å². The van der Waals surface area contributed by atoms with Gasteiger partial charge in [0.05, 0.1) is 19.6 Å². The molecule has 174 valence electrons. The largest absolute Gasteiger partial charge is 0.469 e. The van der Waals surface area contributed by atoms with E-state index in [-0.39, 0.29) is 17.2 Å². The van der Waals surface area contributed by atoms with Crippen molar-refractivity contribution < 1.29 is 22.7 Å². The SMILES string of the molecule is COC(=O)CC(NC(=O)c1ccc(NC2=NS(=O)(=O)c3ccccc32)cc1)c1ccccc1Cl. The summed E-state index contributed by atoms with van der Waals surface area (Å²) >= 11 is 6.27. The molecule has 1 atom stereocenters. The van der Waals surface area contributed by atoms with Crippen LogP contribution >= 0.6 is 11.6 Å². The summed E-state index contributed by atoms with van der Waals surface area (Å²) in [5.41, 5.74) is 1.98. The van der Waals surface area contributed by atoms with Crippen LogP contribution in [0.15, 0.2) is 82.1 Å². The smallest absolute Gasteiger partial charge is 0.307 e. The minimum Gasteiger partial charge on any atom is -0.469 e. The van der Waals surface area contributed by atoms with E-state index in [1.807, 2.05) is 0 Å². The molecule has 2 N–H and O–H groups in total. The fourth-order valence-electron chi connectivity index (χ4n) is 3.53.